The molecule has 0 atom stereocenters. The van der Waals surface area contributed by atoms with Gasteiger partial charge in [0.25, 0.3) is 0 Å². The molecule has 0 aliphatic rings. The van der Waals surface area contributed by atoms with Crippen molar-refractivity contribution in [3.8, 4) is 11.4 Å². The predicted octanol–water partition coefficient (Wildman–Crippen LogP) is 3.62. The summed E-state index contributed by atoms with van der Waals surface area (Å²) in [7, 11) is 0. The fourth-order valence-corrected chi connectivity index (χ4v) is 3.55. The summed E-state index contributed by atoms with van der Waals surface area (Å²) in [6.45, 7) is 2.06. The Morgan fingerprint density at radius 3 is 2.64 bits per heavy atom. The number of fused-ring (bicyclic) bond motifs is 3. The Morgan fingerprint density at radius 1 is 1.14 bits per heavy atom. The number of carboxylic acids is 1. The Morgan fingerprint density at radius 2 is 1.91 bits per heavy atom. The van der Waals surface area contributed by atoms with Gasteiger partial charge in [0, 0.05) is 5.56 Å². The Kier molecular flexibility index (Phi) is 2.74. The van der Waals surface area contributed by atoms with Crippen LogP contribution in [0.15, 0.2) is 42.5 Å². The molecule has 22 heavy (non-hydrogen) atoms. The maximum absolute atomic E-state index is 10.9. The van der Waals surface area contributed by atoms with Crippen molar-refractivity contribution in [3.05, 3.63) is 53.6 Å². The van der Waals surface area contributed by atoms with Gasteiger partial charge in [-0.15, -0.1) is 10.2 Å². The van der Waals surface area contributed by atoms with Crippen LogP contribution in [0.5, 0.6) is 0 Å². The van der Waals surface area contributed by atoms with E-state index in [0.29, 0.717) is 0 Å². The monoisotopic (exact) mass is 309 g/mol. The molecule has 0 radical (unpaired) electrons. The lowest BCUT2D eigenvalue weighted by molar-refractivity contribution is 0.0697. The van der Waals surface area contributed by atoms with Crippen molar-refractivity contribution in [2.45, 2.75) is 6.92 Å². The number of aryl methyl sites for hydroxylation is 1. The maximum atomic E-state index is 10.9. The third-order valence-corrected chi connectivity index (χ3v) is 4.57. The second kappa shape index (κ2) is 4.64. The smallest absolute Gasteiger partial charge is 0.335 e. The molecule has 0 saturated carbocycles. The van der Waals surface area contributed by atoms with Crippen LogP contribution < -0.4 is 0 Å². The van der Waals surface area contributed by atoms with Crippen LogP contribution in [0.25, 0.3) is 26.6 Å². The van der Waals surface area contributed by atoms with E-state index in [1.807, 2.05) is 4.40 Å². The normalized spacial score (nSPS) is 11.3. The van der Waals surface area contributed by atoms with Crippen molar-refractivity contribution < 1.29 is 9.90 Å². The van der Waals surface area contributed by atoms with Crippen LogP contribution in [0.4, 0.5) is 0 Å². The van der Waals surface area contributed by atoms with Gasteiger partial charge < -0.3 is 5.11 Å². The molecule has 5 nitrogen and oxygen atoms in total. The van der Waals surface area contributed by atoms with E-state index in [-0.39, 0.29) is 5.56 Å². The van der Waals surface area contributed by atoms with Crippen molar-refractivity contribution in [2.24, 2.45) is 0 Å². The lowest BCUT2D eigenvalue weighted by Gasteiger charge is -2.01. The van der Waals surface area contributed by atoms with Gasteiger partial charge in [0.1, 0.15) is 0 Å². The van der Waals surface area contributed by atoms with Crippen molar-refractivity contribution in [2.75, 3.05) is 0 Å². The summed E-state index contributed by atoms with van der Waals surface area (Å²) in [6, 6.07) is 12.9. The van der Waals surface area contributed by atoms with Crippen LogP contribution in [0.3, 0.4) is 0 Å². The van der Waals surface area contributed by atoms with Gasteiger partial charge >= 0.3 is 5.97 Å². The molecule has 0 aliphatic carbocycles. The molecule has 0 fully saturated rings. The topological polar surface area (TPSA) is 67.5 Å². The molecule has 6 heteroatoms. The van der Waals surface area contributed by atoms with Crippen molar-refractivity contribution >= 4 is 32.5 Å². The van der Waals surface area contributed by atoms with E-state index in [1.54, 1.807) is 35.6 Å². The molecule has 4 aromatic rings. The first kappa shape index (κ1) is 13.0. The number of aromatic carboxylic acids is 1. The summed E-state index contributed by atoms with van der Waals surface area (Å²) in [4.78, 5) is 11.8. The van der Waals surface area contributed by atoms with E-state index in [1.165, 1.54) is 5.56 Å². The number of hydrogen-bond donors (Lipinski definition) is 1. The molecule has 4 rings (SSSR count). The zero-order chi connectivity index (χ0) is 15.3. The van der Waals surface area contributed by atoms with Crippen LogP contribution in [0.1, 0.15) is 15.9 Å². The highest BCUT2D eigenvalue weighted by Crippen LogP contribution is 2.30. The van der Waals surface area contributed by atoms with Crippen LogP contribution in [0, 0.1) is 6.92 Å². The Bertz CT molecular complexity index is 1020. The fraction of sp³-hybridized carbons (Fsp3) is 0.0625. The molecular weight excluding hydrogens is 298 g/mol. The summed E-state index contributed by atoms with van der Waals surface area (Å²) in [5, 5.41) is 17.5. The second-order valence-corrected chi connectivity index (χ2v) is 6.11. The summed E-state index contributed by atoms with van der Waals surface area (Å²) in [5.74, 6) is -0.212. The third-order valence-electron chi connectivity index (χ3n) is 3.58. The number of aromatic nitrogens is 3. The lowest BCUT2D eigenvalue weighted by Crippen LogP contribution is -1.96. The van der Waals surface area contributed by atoms with Crippen molar-refractivity contribution in [1.29, 1.82) is 0 Å². The largest absolute Gasteiger partial charge is 0.478 e. The standard InChI is InChI=1S/C16H11N3O2S/c1-9-2-7-12-13(8-9)22-16-18-17-14(19(12)16)10-3-5-11(6-4-10)15(20)21/h2-8H,1H3,(H,20,21). The minimum Gasteiger partial charge on any atom is -0.478 e. The molecule has 0 bridgehead atoms. The lowest BCUT2D eigenvalue weighted by atomic mass is 10.1. The molecule has 2 aromatic heterocycles. The Hall–Kier alpha value is -2.73. The van der Waals surface area contributed by atoms with Crippen LogP contribution in [0.2, 0.25) is 0 Å². The second-order valence-electron chi connectivity index (χ2n) is 5.10. The molecule has 0 saturated heterocycles. The highest BCUT2D eigenvalue weighted by molar-refractivity contribution is 7.23. The van der Waals surface area contributed by atoms with E-state index < -0.39 is 5.97 Å². The molecule has 2 aromatic carbocycles. The fourth-order valence-electron chi connectivity index (χ4n) is 2.49. The predicted molar refractivity (Wildman–Crippen MR) is 85.5 cm³/mol. The van der Waals surface area contributed by atoms with Gasteiger partial charge in [-0.2, -0.15) is 0 Å². The number of hydrogen-bond acceptors (Lipinski definition) is 4. The van der Waals surface area contributed by atoms with Crippen LogP contribution in [-0.4, -0.2) is 25.7 Å². The maximum Gasteiger partial charge on any atom is 0.335 e. The number of nitrogens with zero attached hydrogens (tertiary/aromatic N) is 3. The zero-order valence-corrected chi connectivity index (χ0v) is 12.5. The molecule has 108 valence electrons. The Labute approximate surface area is 129 Å². The summed E-state index contributed by atoms with van der Waals surface area (Å²) in [5.41, 5.74) is 3.37. The van der Waals surface area contributed by atoms with Gasteiger partial charge in [0.05, 0.1) is 15.8 Å². The zero-order valence-electron chi connectivity index (χ0n) is 11.6. The molecule has 1 N–H and O–H groups in total. The number of thiazole rings is 1. The van der Waals surface area contributed by atoms with E-state index in [0.717, 1.165) is 26.6 Å². The van der Waals surface area contributed by atoms with Crippen molar-refractivity contribution in [1.82, 2.24) is 14.6 Å². The number of carbonyl (C=O) groups is 1. The minimum atomic E-state index is -0.936. The Balaban J connectivity index is 1.94. The van der Waals surface area contributed by atoms with Gasteiger partial charge in [0.15, 0.2) is 5.82 Å². The summed E-state index contributed by atoms with van der Waals surface area (Å²) >= 11 is 1.59. The number of carboxylic acid groups (broad SMARTS) is 1. The van der Waals surface area contributed by atoms with Gasteiger partial charge in [-0.25, -0.2) is 4.79 Å². The SMILES string of the molecule is Cc1ccc2c(c1)sc1nnc(-c3ccc(C(=O)O)cc3)n12. The third kappa shape index (κ3) is 1.88. The minimum absolute atomic E-state index is 0.260. The van der Waals surface area contributed by atoms with Gasteiger partial charge in [-0.3, -0.25) is 4.40 Å². The van der Waals surface area contributed by atoms with Gasteiger partial charge in [0.2, 0.25) is 4.96 Å². The van der Waals surface area contributed by atoms with E-state index in [4.69, 9.17) is 5.11 Å². The number of benzene rings is 2. The molecule has 0 amide bonds. The van der Waals surface area contributed by atoms with Gasteiger partial charge in [-0.05, 0) is 36.8 Å². The average molecular weight is 309 g/mol. The van der Waals surface area contributed by atoms with E-state index in [9.17, 15) is 4.79 Å². The first-order chi connectivity index (χ1) is 10.6. The van der Waals surface area contributed by atoms with Crippen molar-refractivity contribution in [3.63, 3.8) is 0 Å². The average Bonchev–Trinajstić information content (AvgIpc) is 3.05. The van der Waals surface area contributed by atoms with Crippen LogP contribution >= 0.6 is 11.3 Å². The van der Waals surface area contributed by atoms with E-state index >= 15 is 0 Å². The molecule has 0 unspecified atom stereocenters. The molecule has 2 heterocycles. The first-order valence-electron chi connectivity index (χ1n) is 6.71. The number of rotatable bonds is 2. The first-order valence-corrected chi connectivity index (χ1v) is 7.53. The molecular formula is C16H11N3O2S. The summed E-state index contributed by atoms with van der Waals surface area (Å²) in [6.07, 6.45) is 0. The summed E-state index contributed by atoms with van der Waals surface area (Å²) < 4.78 is 3.17. The quantitative estimate of drug-likeness (QED) is 0.614. The van der Waals surface area contributed by atoms with Gasteiger partial charge in [-0.1, -0.05) is 29.5 Å². The van der Waals surface area contributed by atoms with Crippen LogP contribution in [-0.2, 0) is 0 Å². The molecule has 0 aliphatic heterocycles. The highest BCUT2D eigenvalue weighted by atomic mass is 32.1. The van der Waals surface area contributed by atoms with E-state index in [2.05, 4.69) is 35.3 Å². The highest BCUT2D eigenvalue weighted by Gasteiger charge is 2.14. The molecule has 0 spiro atoms.